The fourth-order valence-corrected chi connectivity index (χ4v) is 2.29. The molecule has 3 nitrogen and oxygen atoms in total. The molecule has 0 aliphatic rings. The zero-order valence-electron chi connectivity index (χ0n) is 13.6. The van der Waals surface area contributed by atoms with E-state index in [1.165, 1.54) is 16.7 Å². The highest BCUT2D eigenvalue weighted by Gasteiger charge is 2.08. The number of aryl methyl sites for hydroxylation is 3. The minimum atomic E-state index is 0.654. The molecule has 0 spiro atoms. The molecule has 2 rings (SSSR count). The fourth-order valence-electron chi connectivity index (χ4n) is 2.29. The maximum atomic E-state index is 5.98. The highest BCUT2D eigenvalue weighted by atomic mass is 16.5. The summed E-state index contributed by atoms with van der Waals surface area (Å²) in [6, 6.07) is 8.25. The van der Waals surface area contributed by atoms with E-state index in [2.05, 4.69) is 56.2 Å². The first kappa shape index (κ1) is 15.5. The number of nitrogens with one attached hydrogen (secondary N) is 1. The van der Waals surface area contributed by atoms with E-state index in [-0.39, 0.29) is 0 Å². The number of hydrogen-bond acceptors (Lipinski definition) is 3. The van der Waals surface area contributed by atoms with E-state index in [0.717, 1.165) is 30.1 Å². The van der Waals surface area contributed by atoms with E-state index in [4.69, 9.17) is 4.74 Å². The van der Waals surface area contributed by atoms with Crippen LogP contribution in [-0.4, -0.2) is 11.5 Å². The van der Waals surface area contributed by atoms with Gasteiger partial charge in [0.2, 0.25) is 5.88 Å². The van der Waals surface area contributed by atoms with E-state index in [1.54, 1.807) is 0 Å². The first-order valence-corrected chi connectivity index (χ1v) is 7.44. The summed E-state index contributed by atoms with van der Waals surface area (Å²) in [5.74, 6) is 1.54. The monoisotopic (exact) mass is 284 g/mol. The second-order valence-electron chi connectivity index (χ2n) is 5.48. The summed E-state index contributed by atoms with van der Waals surface area (Å²) in [5, 5.41) is 3.32. The molecule has 0 unspecified atom stereocenters. The van der Waals surface area contributed by atoms with Gasteiger partial charge in [-0.2, -0.15) is 0 Å². The van der Waals surface area contributed by atoms with Crippen LogP contribution >= 0.6 is 0 Å². The van der Waals surface area contributed by atoms with Gasteiger partial charge in [0.1, 0.15) is 5.75 Å². The van der Waals surface area contributed by atoms with Gasteiger partial charge < -0.3 is 10.1 Å². The Bertz CT molecular complexity index is 635. The Kier molecular flexibility index (Phi) is 4.97. The average molecular weight is 284 g/mol. The number of benzene rings is 1. The van der Waals surface area contributed by atoms with Gasteiger partial charge in [-0.3, -0.25) is 0 Å². The largest absolute Gasteiger partial charge is 0.439 e. The Morgan fingerprint density at radius 3 is 2.52 bits per heavy atom. The number of ether oxygens (including phenoxy) is 1. The summed E-state index contributed by atoms with van der Waals surface area (Å²) < 4.78 is 5.98. The van der Waals surface area contributed by atoms with E-state index in [0.29, 0.717) is 5.88 Å². The van der Waals surface area contributed by atoms with Gasteiger partial charge in [-0.05, 0) is 62.6 Å². The first-order chi connectivity index (χ1) is 10.0. The zero-order chi connectivity index (χ0) is 15.4. The summed E-state index contributed by atoms with van der Waals surface area (Å²) in [5.41, 5.74) is 5.83. The molecule has 0 atom stereocenters. The second-order valence-corrected chi connectivity index (χ2v) is 5.48. The zero-order valence-corrected chi connectivity index (χ0v) is 13.6. The summed E-state index contributed by atoms with van der Waals surface area (Å²) in [6.07, 6.45) is 0. The third-order valence-corrected chi connectivity index (χ3v) is 3.71. The lowest BCUT2D eigenvalue weighted by Gasteiger charge is -2.13. The van der Waals surface area contributed by atoms with Crippen LogP contribution in [-0.2, 0) is 6.54 Å². The predicted octanol–water partition coefficient (Wildman–Crippen LogP) is 4.22. The minimum Gasteiger partial charge on any atom is -0.439 e. The van der Waals surface area contributed by atoms with Gasteiger partial charge in [0.05, 0.1) is 0 Å². The summed E-state index contributed by atoms with van der Waals surface area (Å²) >= 11 is 0. The van der Waals surface area contributed by atoms with Crippen LogP contribution in [0, 0.1) is 27.7 Å². The lowest BCUT2D eigenvalue weighted by molar-refractivity contribution is 0.456. The predicted molar refractivity (Wildman–Crippen MR) is 87.1 cm³/mol. The SMILES string of the molecule is CCNCc1ccc(Oc2cc(C)cc(C)c2C)nc1C. The van der Waals surface area contributed by atoms with Crippen LogP contribution in [0.4, 0.5) is 0 Å². The molecule has 1 aromatic heterocycles. The summed E-state index contributed by atoms with van der Waals surface area (Å²) in [6.45, 7) is 12.2. The van der Waals surface area contributed by atoms with Crippen molar-refractivity contribution in [1.82, 2.24) is 10.3 Å². The third kappa shape index (κ3) is 3.82. The molecule has 1 N–H and O–H groups in total. The van der Waals surface area contributed by atoms with Crippen LogP contribution in [0.1, 0.15) is 34.9 Å². The Hall–Kier alpha value is -1.87. The number of hydrogen-bond donors (Lipinski definition) is 1. The van der Waals surface area contributed by atoms with Crippen LogP contribution in [0.2, 0.25) is 0 Å². The number of nitrogens with zero attached hydrogens (tertiary/aromatic N) is 1. The molecule has 0 radical (unpaired) electrons. The van der Waals surface area contributed by atoms with Crippen molar-refractivity contribution in [2.45, 2.75) is 41.2 Å². The molecule has 0 aliphatic carbocycles. The minimum absolute atomic E-state index is 0.654. The van der Waals surface area contributed by atoms with Crippen LogP contribution < -0.4 is 10.1 Å². The lowest BCUT2D eigenvalue weighted by atomic mass is 10.1. The van der Waals surface area contributed by atoms with Crippen molar-refractivity contribution in [3.63, 3.8) is 0 Å². The Morgan fingerprint density at radius 2 is 1.86 bits per heavy atom. The van der Waals surface area contributed by atoms with Gasteiger partial charge in [-0.15, -0.1) is 0 Å². The van der Waals surface area contributed by atoms with Gasteiger partial charge in [-0.1, -0.05) is 19.1 Å². The molecule has 0 bridgehead atoms. The first-order valence-electron chi connectivity index (χ1n) is 7.44. The van der Waals surface area contributed by atoms with Gasteiger partial charge in [-0.25, -0.2) is 4.98 Å². The maximum Gasteiger partial charge on any atom is 0.219 e. The topological polar surface area (TPSA) is 34.1 Å². The third-order valence-electron chi connectivity index (χ3n) is 3.71. The van der Waals surface area contributed by atoms with Crippen molar-refractivity contribution in [2.24, 2.45) is 0 Å². The van der Waals surface area contributed by atoms with E-state index >= 15 is 0 Å². The maximum absolute atomic E-state index is 5.98. The summed E-state index contributed by atoms with van der Waals surface area (Å²) in [4.78, 5) is 4.56. The van der Waals surface area contributed by atoms with Crippen molar-refractivity contribution in [1.29, 1.82) is 0 Å². The quantitative estimate of drug-likeness (QED) is 0.892. The molecule has 0 aliphatic heterocycles. The molecule has 2 aromatic rings. The molecule has 1 aromatic carbocycles. The van der Waals surface area contributed by atoms with Crippen LogP contribution in [0.15, 0.2) is 24.3 Å². The molecule has 0 amide bonds. The van der Waals surface area contributed by atoms with Crippen LogP contribution in [0.3, 0.4) is 0 Å². The average Bonchev–Trinajstić information content (AvgIpc) is 2.43. The highest BCUT2D eigenvalue weighted by molar-refractivity contribution is 5.43. The molecular formula is C18H24N2O. The van der Waals surface area contributed by atoms with Gasteiger partial charge in [0, 0.05) is 18.3 Å². The Balaban J connectivity index is 2.22. The Morgan fingerprint density at radius 1 is 1.10 bits per heavy atom. The molecule has 0 saturated heterocycles. The Labute approximate surface area is 127 Å². The van der Waals surface area contributed by atoms with Crippen molar-refractivity contribution < 1.29 is 4.74 Å². The van der Waals surface area contributed by atoms with Crippen molar-refractivity contribution >= 4 is 0 Å². The normalized spacial score (nSPS) is 10.7. The highest BCUT2D eigenvalue weighted by Crippen LogP contribution is 2.28. The van der Waals surface area contributed by atoms with Gasteiger partial charge in [0.25, 0.3) is 0 Å². The lowest BCUT2D eigenvalue weighted by Crippen LogP contribution is -2.13. The molecule has 112 valence electrons. The van der Waals surface area contributed by atoms with Gasteiger partial charge >= 0.3 is 0 Å². The van der Waals surface area contributed by atoms with Crippen LogP contribution in [0.25, 0.3) is 0 Å². The molecule has 0 saturated carbocycles. The number of rotatable bonds is 5. The molecular weight excluding hydrogens is 260 g/mol. The van der Waals surface area contributed by atoms with Crippen molar-refractivity contribution in [3.05, 3.63) is 52.2 Å². The molecule has 3 heteroatoms. The van der Waals surface area contributed by atoms with E-state index in [1.807, 2.05) is 13.0 Å². The molecule has 21 heavy (non-hydrogen) atoms. The second kappa shape index (κ2) is 6.72. The summed E-state index contributed by atoms with van der Waals surface area (Å²) in [7, 11) is 0. The molecule has 0 fully saturated rings. The van der Waals surface area contributed by atoms with Crippen molar-refractivity contribution in [2.75, 3.05) is 6.54 Å². The smallest absolute Gasteiger partial charge is 0.219 e. The number of aromatic nitrogens is 1. The fraction of sp³-hybridized carbons (Fsp3) is 0.389. The number of pyridine rings is 1. The standard InChI is InChI=1S/C18H24N2O/c1-6-19-11-16-7-8-18(20-15(16)5)21-17-10-12(2)9-13(3)14(17)4/h7-10,19H,6,11H2,1-5H3. The van der Waals surface area contributed by atoms with Crippen LogP contribution in [0.5, 0.6) is 11.6 Å². The van der Waals surface area contributed by atoms with E-state index in [9.17, 15) is 0 Å². The van der Waals surface area contributed by atoms with Gasteiger partial charge in [0.15, 0.2) is 0 Å². The van der Waals surface area contributed by atoms with Crippen molar-refractivity contribution in [3.8, 4) is 11.6 Å². The molecule has 1 heterocycles. The van der Waals surface area contributed by atoms with E-state index < -0.39 is 0 Å².